The van der Waals surface area contributed by atoms with Crippen molar-refractivity contribution in [2.45, 2.75) is 19.2 Å². The standard InChI is InChI=1S/C25H17F4N3O4/c1-14(15-9-11-18(12-10-15)25(27,28)29)35-24(34)31-22(33)17-6-4-5-16(13-17)21-30-23(36-32-21)19-7-2-3-8-20(19)26/h2-14H,1H3,(H,31,33,34). The van der Waals surface area contributed by atoms with Crippen LogP contribution < -0.4 is 5.32 Å². The summed E-state index contributed by atoms with van der Waals surface area (Å²) in [6, 6.07) is 15.9. The molecule has 4 rings (SSSR count). The van der Waals surface area contributed by atoms with E-state index in [0.717, 1.165) is 12.1 Å². The molecule has 0 saturated heterocycles. The van der Waals surface area contributed by atoms with Crippen LogP contribution in [0.1, 0.15) is 34.5 Å². The van der Waals surface area contributed by atoms with Crippen LogP contribution in [0.15, 0.2) is 77.3 Å². The van der Waals surface area contributed by atoms with Gasteiger partial charge in [0.25, 0.3) is 11.8 Å². The number of alkyl carbamates (subject to hydrolysis) is 1. The molecule has 2 amide bonds. The van der Waals surface area contributed by atoms with Gasteiger partial charge in [0.1, 0.15) is 11.9 Å². The summed E-state index contributed by atoms with van der Waals surface area (Å²) in [4.78, 5) is 28.9. The zero-order valence-corrected chi connectivity index (χ0v) is 18.5. The second-order valence-electron chi connectivity index (χ2n) is 7.61. The van der Waals surface area contributed by atoms with Crippen molar-refractivity contribution < 1.29 is 36.4 Å². The Morgan fingerprint density at radius 1 is 1.00 bits per heavy atom. The van der Waals surface area contributed by atoms with E-state index in [4.69, 9.17) is 9.26 Å². The molecule has 0 bridgehead atoms. The van der Waals surface area contributed by atoms with Crippen molar-refractivity contribution in [1.82, 2.24) is 15.5 Å². The average molecular weight is 499 g/mol. The third-order valence-corrected chi connectivity index (χ3v) is 5.12. The Hall–Kier alpha value is -4.54. The molecule has 1 atom stereocenters. The molecule has 0 fully saturated rings. The van der Waals surface area contributed by atoms with Crippen molar-refractivity contribution in [2.75, 3.05) is 0 Å². The summed E-state index contributed by atoms with van der Waals surface area (Å²) < 4.78 is 62.3. The van der Waals surface area contributed by atoms with Gasteiger partial charge in [0.2, 0.25) is 5.82 Å². The minimum Gasteiger partial charge on any atom is -0.441 e. The zero-order valence-electron chi connectivity index (χ0n) is 18.5. The van der Waals surface area contributed by atoms with Gasteiger partial charge in [-0.2, -0.15) is 18.2 Å². The predicted octanol–water partition coefficient (Wildman–Crippen LogP) is 6.19. The molecular weight excluding hydrogens is 482 g/mol. The second-order valence-corrected chi connectivity index (χ2v) is 7.61. The number of benzene rings is 3. The van der Waals surface area contributed by atoms with E-state index < -0.39 is 35.7 Å². The summed E-state index contributed by atoms with van der Waals surface area (Å²) in [6.45, 7) is 1.46. The minimum absolute atomic E-state index is 0.0428. The SMILES string of the molecule is CC(OC(=O)NC(=O)c1cccc(-c2noc(-c3ccccc3F)n2)c1)c1ccc(C(F)(F)F)cc1. The summed E-state index contributed by atoms with van der Waals surface area (Å²) >= 11 is 0. The monoisotopic (exact) mass is 499 g/mol. The second kappa shape index (κ2) is 9.98. The van der Waals surface area contributed by atoms with E-state index in [1.807, 2.05) is 0 Å². The van der Waals surface area contributed by atoms with Crippen LogP contribution in [0, 0.1) is 5.82 Å². The largest absolute Gasteiger partial charge is 0.441 e. The van der Waals surface area contributed by atoms with E-state index in [-0.39, 0.29) is 22.8 Å². The van der Waals surface area contributed by atoms with Gasteiger partial charge in [-0.3, -0.25) is 10.1 Å². The molecule has 0 aliphatic heterocycles. The van der Waals surface area contributed by atoms with Crippen molar-refractivity contribution >= 4 is 12.0 Å². The maximum Gasteiger partial charge on any atom is 0.416 e. The van der Waals surface area contributed by atoms with Gasteiger partial charge in [-0.05, 0) is 48.9 Å². The normalized spacial score (nSPS) is 12.1. The highest BCUT2D eigenvalue weighted by Gasteiger charge is 2.30. The molecule has 3 aromatic carbocycles. The fourth-order valence-corrected chi connectivity index (χ4v) is 3.25. The Balaban J connectivity index is 1.41. The lowest BCUT2D eigenvalue weighted by molar-refractivity contribution is -0.137. The van der Waals surface area contributed by atoms with Crippen LogP contribution in [0.5, 0.6) is 0 Å². The van der Waals surface area contributed by atoms with Crippen LogP contribution in [0.2, 0.25) is 0 Å². The van der Waals surface area contributed by atoms with Gasteiger partial charge in [0, 0.05) is 11.1 Å². The number of halogens is 4. The van der Waals surface area contributed by atoms with E-state index in [9.17, 15) is 27.2 Å². The Morgan fingerprint density at radius 2 is 1.72 bits per heavy atom. The van der Waals surface area contributed by atoms with Gasteiger partial charge in [-0.1, -0.05) is 41.6 Å². The number of ether oxygens (including phenoxy) is 1. The molecule has 0 aliphatic carbocycles. The van der Waals surface area contributed by atoms with Crippen LogP contribution in [-0.4, -0.2) is 22.1 Å². The summed E-state index contributed by atoms with van der Waals surface area (Å²) in [5.74, 6) is -1.27. The molecule has 7 nitrogen and oxygen atoms in total. The first-order valence-electron chi connectivity index (χ1n) is 10.5. The topological polar surface area (TPSA) is 94.3 Å². The molecule has 1 aromatic heterocycles. The van der Waals surface area contributed by atoms with Gasteiger partial charge in [0.15, 0.2) is 0 Å². The summed E-state index contributed by atoms with van der Waals surface area (Å²) in [6.07, 6.45) is -6.48. The lowest BCUT2D eigenvalue weighted by Crippen LogP contribution is -2.31. The maximum atomic E-state index is 14.0. The van der Waals surface area contributed by atoms with E-state index in [2.05, 4.69) is 15.5 Å². The van der Waals surface area contributed by atoms with Gasteiger partial charge in [-0.15, -0.1) is 0 Å². The number of carbonyl (C=O) groups is 2. The number of carbonyl (C=O) groups excluding carboxylic acids is 2. The van der Waals surface area contributed by atoms with E-state index >= 15 is 0 Å². The van der Waals surface area contributed by atoms with Crippen LogP contribution in [0.4, 0.5) is 22.4 Å². The fourth-order valence-electron chi connectivity index (χ4n) is 3.25. The highest BCUT2D eigenvalue weighted by molar-refractivity contribution is 6.03. The molecule has 0 spiro atoms. The number of aromatic nitrogens is 2. The van der Waals surface area contributed by atoms with Crippen molar-refractivity contribution in [1.29, 1.82) is 0 Å². The minimum atomic E-state index is -4.48. The van der Waals surface area contributed by atoms with Gasteiger partial charge in [0.05, 0.1) is 11.1 Å². The number of amides is 2. The highest BCUT2D eigenvalue weighted by Crippen LogP contribution is 2.30. The van der Waals surface area contributed by atoms with Crippen LogP contribution in [0.25, 0.3) is 22.8 Å². The molecule has 184 valence electrons. The summed E-state index contributed by atoms with van der Waals surface area (Å²) in [5, 5.41) is 5.87. The molecule has 0 radical (unpaired) electrons. The summed E-state index contributed by atoms with van der Waals surface area (Å²) in [7, 11) is 0. The van der Waals surface area contributed by atoms with Crippen LogP contribution in [-0.2, 0) is 10.9 Å². The fraction of sp³-hybridized carbons (Fsp3) is 0.120. The average Bonchev–Trinajstić information content (AvgIpc) is 3.34. The molecule has 4 aromatic rings. The number of imide groups is 1. The van der Waals surface area contributed by atoms with Gasteiger partial charge in [-0.25, -0.2) is 9.18 Å². The molecule has 1 heterocycles. The number of alkyl halides is 3. The molecule has 0 aliphatic rings. The Morgan fingerprint density at radius 3 is 2.42 bits per heavy atom. The lowest BCUT2D eigenvalue weighted by Gasteiger charge is -2.15. The third kappa shape index (κ3) is 5.57. The first-order valence-corrected chi connectivity index (χ1v) is 10.5. The molecule has 11 heteroatoms. The third-order valence-electron chi connectivity index (χ3n) is 5.12. The molecule has 36 heavy (non-hydrogen) atoms. The first kappa shape index (κ1) is 24.6. The van der Waals surface area contributed by atoms with Crippen LogP contribution in [0.3, 0.4) is 0 Å². The van der Waals surface area contributed by atoms with Crippen molar-refractivity contribution in [3.05, 3.63) is 95.3 Å². The van der Waals surface area contributed by atoms with E-state index in [1.54, 1.807) is 12.1 Å². The smallest absolute Gasteiger partial charge is 0.416 e. The van der Waals surface area contributed by atoms with E-state index in [0.29, 0.717) is 11.1 Å². The maximum absolute atomic E-state index is 14.0. The number of nitrogens with one attached hydrogen (secondary N) is 1. The first-order chi connectivity index (χ1) is 17.1. The van der Waals surface area contributed by atoms with Gasteiger partial charge < -0.3 is 9.26 Å². The Labute approximate surface area is 201 Å². The summed E-state index contributed by atoms with van der Waals surface area (Å²) in [5.41, 5.74) is 0.0513. The van der Waals surface area contributed by atoms with Crippen molar-refractivity contribution in [3.63, 3.8) is 0 Å². The number of nitrogens with zero attached hydrogens (tertiary/aromatic N) is 2. The molecular formula is C25H17F4N3O4. The van der Waals surface area contributed by atoms with E-state index in [1.165, 1.54) is 55.5 Å². The highest BCUT2D eigenvalue weighted by atomic mass is 19.4. The van der Waals surface area contributed by atoms with Crippen molar-refractivity contribution in [3.8, 4) is 22.8 Å². The zero-order chi connectivity index (χ0) is 25.9. The number of hydrogen-bond acceptors (Lipinski definition) is 6. The predicted molar refractivity (Wildman–Crippen MR) is 119 cm³/mol. The molecule has 1 N–H and O–H groups in total. The molecule has 1 unspecified atom stereocenters. The van der Waals surface area contributed by atoms with Crippen LogP contribution >= 0.6 is 0 Å². The Bertz CT molecular complexity index is 1400. The van der Waals surface area contributed by atoms with Crippen molar-refractivity contribution in [2.24, 2.45) is 0 Å². The number of rotatable bonds is 5. The van der Waals surface area contributed by atoms with Gasteiger partial charge >= 0.3 is 12.3 Å². The quantitative estimate of drug-likeness (QED) is 0.329. The Kier molecular flexibility index (Phi) is 6.82. The lowest BCUT2D eigenvalue weighted by atomic mass is 10.1. The number of hydrogen-bond donors (Lipinski definition) is 1. The molecule has 0 saturated carbocycles.